The molecule has 0 unspecified atom stereocenters. The van der Waals surface area contributed by atoms with Gasteiger partial charge in [0.25, 0.3) is 10.0 Å². The maximum absolute atomic E-state index is 11.9. The van der Waals surface area contributed by atoms with E-state index in [2.05, 4.69) is 15.0 Å². The van der Waals surface area contributed by atoms with Crippen LogP contribution in [0.25, 0.3) is 0 Å². The van der Waals surface area contributed by atoms with Crippen molar-refractivity contribution in [3.8, 4) is 0 Å². The van der Waals surface area contributed by atoms with Gasteiger partial charge in [-0.15, -0.1) is 0 Å². The van der Waals surface area contributed by atoms with E-state index in [1.165, 1.54) is 6.20 Å². The average molecular weight is 259 g/mol. The van der Waals surface area contributed by atoms with Gasteiger partial charge in [-0.25, -0.2) is 18.1 Å². The Balaban J connectivity index is 2.12. The largest absolute Gasteiger partial charge is 0.370 e. The second-order valence-electron chi connectivity index (χ2n) is 3.61. The van der Waals surface area contributed by atoms with Crippen LogP contribution in [-0.2, 0) is 21.4 Å². The predicted octanol–water partition coefficient (Wildman–Crippen LogP) is -1.54. The average Bonchev–Trinajstić information content (AvgIpc) is 2.75. The maximum Gasteiger partial charge on any atom is 0.257 e. The number of sulfonamides is 1. The molecule has 8 nitrogen and oxygen atoms in total. The van der Waals surface area contributed by atoms with Gasteiger partial charge in [0.2, 0.25) is 11.9 Å². The van der Waals surface area contributed by atoms with Crippen LogP contribution in [0.4, 0.5) is 5.95 Å². The SMILES string of the molecule is NC(=O)CCNS(=O)(=O)c1cnc2n1CCN2. The fourth-order valence-corrected chi connectivity index (χ4v) is 2.77. The molecule has 0 bridgehead atoms. The Bertz CT molecular complexity index is 535. The minimum Gasteiger partial charge on any atom is -0.370 e. The summed E-state index contributed by atoms with van der Waals surface area (Å²) in [5, 5.41) is 3.05. The molecule has 0 saturated heterocycles. The number of aromatic nitrogens is 2. The number of fused-ring (bicyclic) bond motifs is 1. The smallest absolute Gasteiger partial charge is 0.257 e. The first-order valence-corrected chi connectivity index (χ1v) is 6.56. The normalized spacial score (nSPS) is 14.4. The van der Waals surface area contributed by atoms with Crippen LogP contribution in [-0.4, -0.2) is 37.0 Å². The second kappa shape index (κ2) is 4.34. The van der Waals surface area contributed by atoms with Gasteiger partial charge in [-0.3, -0.25) is 9.36 Å². The summed E-state index contributed by atoms with van der Waals surface area (Å²) in [5.41, 5.74) is 4.93. The van der Waals surface area contributed by atoms with E-state index in [1.54, 1.807) is 4.57 Å². The summed E-state index contributed by atoms with van der Waals surface area (Å²) < 4.78 is 27.6. The quantitative estimate of drug-likeness (QED) is 0.592. The Kier molecular flexibility index (Phi) is 3.03. The molecule has 2 rings (SSSR count). The molecule has 0 atom stereocenters. The lowest BCUT2D eigenvalue weighted by molar-refractivity contribution is -0.117. The molecule has 1 aromatic rings. The third kappa shape index (κ3) is 2.39. The number of imidazole rings is 1. The molecule has 0 spiro atoms. The van der Waals surface area contributed by atoms with E-state index in [0.717, 1.165) is 0 Å². The molecule has 0 aliphatic carbocycles. The Morgan fingerprint density at radius 1 is 1.65 bits per heavy atom. The molecule has 94 valence electrons. The lowest BCUT2D eigenvalue weighted by atomic mass is 10.4. The van der Waals surface area contributed by atoms with E-state index in [4.69, 9.17) is 5.73 Å². The van der Waals surface area contributed by atoms with Crippen LogP contribution in [0, 0.1) is 0 Å². The van der Waals surface area contributed by atoms with E-state index >= 15 is 0 Å². The zero-order chi connectivity index (χ0) is 12.5. The zero-order valence-electron chi connectivity index (χ0n) is 9.01. The number of primary amides is 1. The predicted molar refractivity (Wildman–Crippen MR) is 59.7 cm³/mol. The highest BCUT2D eigenvalue weighted by Gasteiger charge is 2.24. The van der Waals surface area contributed by atoms with Gasteiger partial charge in [-0.05, 0) is 0 Å². The molecule has 0 saturated carbocycles. The number of hydrogen-bond acceptors (Lipinski definition) is 5. The molecule has 1 aromatic heterocycles. The molecule has 17 heavy (non-hydrogen) atoms. The van der Waals surface area contributed by atoms with E-state index in [-0.39, 0.29) is 18.0 Å². The topological polar surface area (TPSA) is 119 Å². The monoisotopic (exact) mass is 259 g/mol. The van der Waals surface area contributed by atoms with Gasteiger partial charge in [0.05, 0.1) is 6.20 Å². The molecule has 1 amide bonds. The summed E-state index contributed by atoms with van der Waals surface area (Å²) in [5.74, 6) is -0.00634. The third-order valence-corrected chi connectivity index (χ3v) is 3.84. The first-order valence-electron chi connectivity index (χ1n) is 5.08. The number of amides is 1. The van der Waals surface area contributed by atoms with Crippen molar-refractivity contribution in [1.82, 2.24) is 14.3 Å². The summed E-state index contributed by atoms with van der Waals surface area (Å²) in [4.78, 5) is 14.5. The maximum atomic E-state index is 11.9. The van der Waals surface area contributed by atoms with Crippen LogP contribution >= 0.6 is 0 Å². The molecule has 0 radical (unpaired) electrons. The minimum atomic E-state index is -3.64. The van der Waals surface area contributed by atoms with Gasteiger partial charge in [-0.1, -0.05) is 0 Å². The number of carbonyl (C=O) groups excluding carboxylic acids is 1. The van der Waals surface area contributed by atoms with Crippen molar-refractivity contribution in [2.24, 2.45) is 5.73 Å². The Morgan fingerprint density at radius 3 is 3.12 bits per heavy atom. The molecule has 0 aromatic carbocycles. The number of nitrogens with two attached hydrogens (primary N) is 1. The van der Waals surface area contributed by atoms with Gasteiger partial charge in [0.1, 0.15) is 0 Å². The van der Waals surface area contributed by atoms with Crippen molar-refractivity contribution in [2.45, 2.75) is 18.0 Å². The van der Waals surface area contributed by atoms with Gasteiger partial charge in [0.15, 0.2) is 5.03 Å². The van der Waals surface area contributed by atoms with Gasteiger partial charge in [-0.2, -0.15) is 0 Å². The minimum absolute atomic E-state index is 0.00832. The van der Waals surface area contributed by atoms with Crippen molar-refractivity contribution in [1.29, 1.82) is 0 Å². The first kappa shape index (κ1) is 11.9. The zero-order valence-corrected chi connectivity index (χ0v) is 9.83. The van der Waals surface area contributed by atoms with Crippen LogP contribution in [0.2, 0.25) is 0 Å². The van der Waals surface area contributed by atoms with Crippen molar-refractivity contribution >= 4 is 21.9 Å². The molecule has 4 N–H and O–H groups in total. The van der Waals surface area contributed by atoms with Crippen LogP contribution in [0.3, 0.4) is 0 Å². The van der Waals surface area contributed by atoms with Gasteiger partial charge in [0, 0.05) is 26.1 Å². The molecule has 0 fully saturated rings. The molecule has 9 heteroatoms. The van der Waals surface area contributed by atoms with Crippen molar-refractivity contribution in [3.63, 3.8) is 0 Å². The standard InChI is InChI=1S/C8H13N5O3S/c9-6(14)1-2-12-17(15,16)7-5-11-8-10-3-4-13(7)8/h5,12H,1-4H2,(H2,9,14)(H,10,11). The summed E-state index contributed by atoms with van der Waals surface area (Å²) in [6.45, 7) is 1.21. The van der Waals surface area contributed by atoms with Crippen molar-refractivity contribution in [2.75, 3.05) is 18.4 Å². The van der Waals surface area contributed by atoms with Crippen LogP contribution in [0.1, 0.15) is 6.42 Å². The Labute approximate surface area is 98.3 Å². The van der Waals surface area contributed by atoms with Gasteiger partial charge < -0.3 is 11.1 Å². The van der Waals surface area contributed by atoms with E-state index in [9.17, 15) is 13.2 Å². The van der Waals surface area contributed by atoms with Crippen LogP contribution in [0.5, 0.6) is 0 Å². The van der Waals surface area contributed by atoms with Crippen LogP contribution in [0.15, 0.2) is 11.2 Å². The summed E-state index contributed by atoms with van der Waals surface area (Å²) in [6.07, 6.45) is 1.26. The fourth-order valence-electron chi connectivity index (χ4n) is 1.59. The highest BCUT2D eigenvalue weighted by atomic mass is 32.2. The van der Waals surface area contributed by atoms with Crippen molar-refractivity contribution < 1.29 is 13.2 Å². The van der Waals surface area contributed by atoms with Gasteiger partial charge >= 0.3 is 0 Å². The first-order chi connectivity index (χ1) is 8.00. The van der Waals surface area contributed by atoms with Crippen molar-refractivity contribution in [3.05, 3.63) is 6.20 Å². The number of rotatable bonds is 5. The number of nitrogens with zero attached hydrogens (tertiary/aromatic N) is 2. The van der Waals surface area contributed by atoms with E-state index < -0.39 is 15.9 Å². The second-order valence-corrected chi connectivity index (χ2v) is 5.33. The van der Waals surface area contributed by atoms with E-state index in [0.29, 0.717) is 19.0 Å². The Morgan fingerprint density at radius 2 is 2.41 bits per heavy atom. The summed E-state index contributed by atoms with van der Waals surface area (Å²) in [6, 6.07) is 0. The highest BCUT2D eigenvalue weighted by molar-refractivity contribution is 7.89. The van der Waals surface area contributed by atoms with Crippen LogP contribution < -0.4 is 15.8 Å². The fraction of sp³-hybridized carbons (Fsp3) is 0.500. The lowest BCUT2D eigenvalue weighted by Crippen LogP contribution is -2.29. The molecular weight excluding hydrogens is 246 g/mol. The molecule has 1 aliphatic rings. The number of hydrogen-bond donors (Lipinski definition) is 3. The summed E-state index contributed by atoms with van der Waals surface area (Å²) >= 11 is 0. The highest BCUT2D eigenvalue weighted by Crippen LogP contribution is 2.19. The number of anilines is 1. The Hall–Kier alpha value is -1.61. The molecular formula is C8H13N5O3S. The molecule has 2 heterocycles. The summed E-state index contributed by atoms with van der Waals surface area (Å²) in [7, 11) is -3.64. The number of nitrogens with one attached hydrogen (secondary N) is 2. The third-order valence-electron chi connectivity index (χ3n) is 2.38. The lowest BCUT2D eigenvalue weighted by Gasteiger charge is -2.06. The molecule has 1 aliphatic heterocycles. The number of carbonyl (C=O) groups is 1. The van der Waals surface area contributed by atoms with E-state index in [1.807, 2.05) is 0 Å².